The molecule has 0 aliphatic carbocycles. The molecule has 1 aromatic heterocycles. The minimum atomic E-state index is -0.801. The lowest BCUT2D eigenvalue weighted by Crippen LogP contribution is -2.06. The van der Waals surface area contributed by atoms with Crippen molar-refractivity contribution in [2.45, 2.75) is 50.3 Å². The van der Waals surface area contributed by atoms with Crippen molar-refractivity contribution in [2.75, 3.05) is 12.4 Å². The molecule has 4 nitrogen and oxygen atoms in total. The first kappa shape index (κ1) is 24.9. The molecule has 0 saturated heterocycles. The van der Waals surface area contributed by atoms with E-state index in [1.54, 1.807) is 18.7 Å². The van der Waals surface area contributed by atoms with Crippen LogP contribution < -0.4 is 4.74 Å². The van der Waals surface area contributed by atoms with Crippen LogP contribution in [0.15, 0.2) is 82.3 Å². The molecule has 1 unspecified atom stereocenters. The van der Waals surface area contributed by atoms with Gasteiger partial charge >= 0.3 is 5.97 Å². The van der Waals surface area contributed by atoms with E-state index in [9.17, 15) is 4.79 Å². The van der Waals surface area contributed by atoms with Crippen LogP contribution in [0.5, 0.6) is 5.75 Å². The number of furan rings is 1. The van der Waals surface area contributed by atoms with Gasteiger partial charge in [-0.3, -0.25) is 4.79 Å². The van der Waals surface area contributed by atoms with Gasteiger partial charge in [0.25, 0.3) is 0 Å². The highest BCUT2D eigenvalue weighted by molar-refractivity contribution is 7.99. The van der Waals surface area contributed by atoms with Gasteiger partial charge in [-0.25, -0.2) is 0 Å². The second kappa shape index (κ2) is 12.0. The summed E-state index contributed by atoms with van der Waals surface area (Å²) in [6, 6.07) is 22.3. The molecule has 3 aromatic carbocycles. The van der Waals surface area contributed by atoms with Gasteiger partial charge in [0.1, 0.15) is 11.3 Å². The van der Waals surface area contributed by atoms with Crippen LogP contribution in [0.3, 0.4) is 0 Å². The summed E-state index contributed by atoms with van der Waals surface area (Å²) in [5.41, 5.74) is 5.18. The number of ether oxygens (including phenoxy) is 1. The first-order chi connectivity index (χ1) is 17.1. The Balaban J connectivity index is 1.38. The maximum Gasteiger partial charge on any atom is 0.310 e. The van der Waals surface area contributed by atoms with E-state index >= 15 is 0 Å². The summed E-state index contributed by atoms with van der Waals surface area (Å²) in [6.07, 6.45) is 5.90. The molecule has 35 heavy (non-hydrogen) atoms. The molecule has 1 heterocycles. The number of hydrogen-bond acceptors (Lipinski definition) is 4. The molecule has 0 aliphatic heterocycles. The van der Waals surface area contributed by atoms with Crippen molar-refractivity contribution in [1.82, 2.24) is 0 Å². The third-order valence-electron chi connectivity index (χ3n) is 6.23. The third kappa shape index (κ3) is 6.09. The maximum absolute atomic E-state index is 11.1. The highest BCUT2D eigenvalue weighted by Crippen LogP contribution is 2.37. The Labute approximate surface area is 211 Å². The Kier molecular flexibility index (Phi) is 8.54. The molecule has 4 rings (SSSR count). The molecule has 0 amide bonds. The third-order valence-corrected chi connectivity index (χ3v) is 7.33. The summed E-state index contributed by atoms with van der Waals surface area (Å²) in [7, 11) is 0. The Morgan fingerprint density at radius 3 is 2.51 bits per heavy atom. The van der Waals surface area contributed by atoms with Crippen LogP contribution in [0.25, 0.3) is 22.1 Å². The quantitative estimate of drug-likeness (QED) is 0.161. The number of rotatable bonds is 12. The second-order valence-electron chi connectivity index (χ2n) is 8.72. The number of fused-ring (bicyclic) bond motifs is 1. The molecule has 0 spiro atoms. The van der Waals surface area contributed by atoms with Crippen molar-refractivity contribution in [3.63, 3.8) is 0 Å². The Morgan fingerprint density at radius 1 is 1.03 bits per heavy atom. The zero-order valence-corrected chi connectivity index (χ0v) is 21.1. The lowest BCUT2D eigenvalue weighted by molar-refractivity contribution is -0.138. The lowest BCUT2D eigenvalue weighted by Gasteiger charge is -2.12. The Bertz CT molecular complexity index is 1240. The summed E-state index contributed by atoms with van der Waals surface area (Å²) in [5.74, 6) is 0.556. The van der Waals surface area contributed by atoms with E-state index in [0.717, 1.165) is 75.3 Å². The molecule has 0 radical (unpaired) electrons. The topological polar surface area (TPSA) is 59.7 Å². The number of benzene rings is 3. The van der Waals surface area contributed by atoms with Crippen molar-refractivity contribution in [3.05, 3.63) is 84.1 Å². The van der Waals surface area contributed by atoms with Gasteiger partial charge in [0, 0.05) is 27.2 Å². The highest BCUT2D eigenvalue weighted by atomic mass is 32.2. The van der Waals surface area contributed by atoms with E-state index in [1.807, 2.05) is 48.7 Å². The predicted octanol–water partition coefficient (Wildman–Crippen LogP) is 8.19. The normalized spacial score (nSPS) is 12.1. The van der Waals surface area contributed by atoms with Gasteiger partial charge in [-0.05, 0) is 61.6 Å². The first-order valence-corrected chi connectivity index (χ1v) is 13.2. The summed E-state index contributed by atoms with van der Waals surface area (Å²) < 4.78 is 12.3. The summed E-state index contributed by atoms with van der Waals surface area (Å²) in [6.45, 7) is 4.54. The smallest absolute Gasteiger partial charge is 0.310 e. The predicted molar refractivity (Wildman–Crippen MR) is 144 cm³/mol. The number of aliphatic carboxylic acids is 1. The Hall–Kier alpha value is -3.18. The number of carboxylic acid groups (broad SMARTS) is 1. The molecular formula is C30H32O4S. The fourth-order valence-electron chi connectivity index (χ4n) is 4.13. The van der Waals surface area contributed by atoms with Gasteiger partial charge in [0.05, 0.1) is 18.8 Å². The van der Waals surface area contributed by atoms with E-state index < -0.39 is 11.9 Å². The fourth-order valence-corrected chi connectivity index (χ4v) is 4.96. The van der Waals surface area contributed by atoms with E-state index in [0.29, 0.717) is 6.61 Å². The van der Waals surface area contributed by atoms with Crippen LogP contribution in [0, 0.1) is 0 Å². The lowest BCUT2D eigenvalue weighted by atomic mass is 10.00. The summed E-state index contributed by atoms with van der Waals surface area (Å²) >= 11 is 1.76. The van der Waals surface area contributed by atoms with Gasteiger partial charge in [0.15, 0.2) is 0 Å². The van der Waals surface area contributed by atoms with E-state index in [-0.39, 0.29) is 0 Å². The molecule has 0 aliphatic rings. The first-order valence-electron chi connectivity index (χ1n) is 12.2. The largest absolute Gasteiger partial charge is 0.493 e. The molecule has 1 atom stereocenters. The molecule has 4 aromatic rings. The number of unbranched alkanes of at least 4 members (excludes halogenated alkanes) is 1. The van der Waals surface area contributed by atoms with E-state index in [4.69, 9.17) is 14.3 Å². The Morgan fingerprint density at radius 2 is 1.80 bits per heavy atom. The molecule has 5 heteroatoms. The van der Waals surface area contributed by atoms with Gasteiger partial charge in [0.2, 0.25) is 0 Å². The van der Waals surface area contributed by atoms with Crippen molar-refractivity contribution in [2.24, 2.45) is 0 Å². The molecule has 1 N–H and O–H groups in total. The van der Waals surface area contributed by atoms with Gasteiger partial charge in [-0.15, -0.1) is 11.8 Å². The van der Waals surface area contributed by atoms with Crippen LogP contribution in [-0.2, 0) is 11.2 Å². The van der Waals surface area contributed by atoms with Crippen molar-refractivity contribution in [1.29, 1.82) is 0 Å². The van der Waals surface area contributed by atoms with Crippen molar-refractivity contribution < 1.29 is 19.1 Å². The van der Waals surface area contributed by atoms with Gasteiger partial charge in [-0.1, -0.05) is 55.8 Å². The highest BCUT2D eigenvalue weighted by Gasteiger charge is 2.16. The minimum Gasteiger partial charge on any atom is -0.493 e. The van der Waals surface area contributed by atoms with Gasteiger partial charge < -0.3 is 14.3 Å². The summed E-state index contributed by atoms with van der Waals surface area (Å²) in [5, 5.41) is 10.3. The molecule has 0 bridgehead atoms. The van der Waals surface area contributed by atoms with Crippen LogP contribution >= 0.6 is 11.8 Å². The molecular weight excluding hydrogens is 456 g/mol. The van der Waals surface area contributed by atoms with E-state index in [2.05, 4.69) is 31.2 Å². The SMILES string of the molecule is CCCCc1c(OCCCSc2ccc(C(C)C(=O)O)cc2)ccc2c(-c3ccccc3)coc12. The van der Waals surface area contributed by atoms with Crippen molar-refractivity contribution >= 4 is 28.7 Å². The average Bonchev–Trinajstić information content (AvgIpc) is 3.32. The number of carbonyl (C=O) groups is 1. The number of hydrogen-bond donors (Lipinski definition) is 1. The molecule has 182 valence electrons. The molecule has 0 saturated carbocycles. The number of thioether (sulfide) groups is 1. The number of carboxylic acids is 1. The van der Waals surface area contributed by atoms with Gasteiger partial charge in [-0.2, -0.15) is 0 Å². The van der Waals surface area contributed by atoms with Crippen molar-refractivity contribution in [3.8, 4) is 16.9 Å². The van der Waals surface area contributed by atoms with Crippen LogP contribution in [0.4, 0.5) is 0 Å². The number of aryl methyl sites for hydroxylation is 1. The second-order valence-corrected chi connectivity index (χ2v) is 9.89. The summed E-state index contributed by atoms with van der Waals surface area (Å²) in [4.78, 5) is 12.3. The zero-order valence-electron chi connectivity index (χ0n) is 20.3. The van der Waals surface area contributed by atoms with Crippen LogP contribution in [-0.4, -0.2) is 23.4 Å². The maximum atomic E-state index is 11.1. The zero-order chi connectivity index (χ0) is 24.6. The fraction of sp³-hybridized carbons (Fsp3) is 0.300. The van der Waals surface area contributed by atoms with E-state index in [1.165, 1.54) is 0 Å². The monoisotopic (exact) mass is 488 g/mol. The average molecular weight is 489 g/mol. The van der Waals surface area contributed by atoms with Crippen LogP contribution in [0.1, 0.15) is 50.2 Å². The standard InChI is InChI=1S/C30H32O4S/c1-3-4-11-26-28(17-16-25-27(20-34-29(25)26)23-9-6-5-7-10-23)33-18-8-19-35-24-14-12-22(13-15-24)21(2)30(31)32/h5-7,9-10,12-17,20-21H,3-4,8,11,18-19H2,1-2H3,(H,31,32). The minimum absolute atomic E-state index is 0.486. The van der Waals surface area contributed by atoms with Crippen LogP contribution in [0.2, 0.25) is 0 Å². The molecule has 0 fully saturated rings.